The van der Waals surface area contributed by atoms with Crippen LogP contribution in [0.3, 0.4) is 0 Å². The molecule has 3 nitrogen and oxygen atoms in total. The summed E-state index contributed by atoms with van der Waals surface area (Å²) < 4.78 is 1.03. The van der Waals surface area contributed by atoms with Gasteiger partial charge in [0.2, 0.25) is 5.91 Å². The van der Waals surface area contributed by atoms with Gasteiger partial charge in [-0.15, -0.1) is 0 Å². The second-order valence-electron chi connectivity index (χ2n) is 3.95. The number of hydrazone groups is 1. The van der Waals surface area contributed by atoms with Crippen LogP contribution < -0.4 is 5.43 Å². The zero-order valence-corrected chi connectivity index (χ0v) is 10.6. The molecule has 0 unspecified atom stereocenters. The minimum absolute atomic E-state index is 0.0384. The van der Waals surface area contributed by atoms with Gasteiger partial charge in [0.25, 0.3) is 0 Å². The Kier molecular flexibility index (Phi) is 3.39. The number of carbonyl (C=O) groups excluding carboxylic acids is 1. The first kappa shape index (κ1) is 11.3. The highest BCUT2D eigenvalue weighted by Gasteiger charge is 2.29. The van der Waals surface area contributed by atoms with E-state index in [0.717, 1.165) is 28.6 Å². The Morgan fingerprint density at radius 1 is 1.38 bits per heavy atom. The van der Waals surface area contributed by atoms with Crippen molar-refractivity contribution < 1.29 is 4.79 Å². The monoisotopic (exact) mass is 280 g/mol. The van der Waals surface area contributed by atoms with Crippen molar-refractivity contribution in [1.29, 1.82) is 0 Å². The van der Waals surface area contributed by atoms with Crippen molar-refractivity contribution in [2.45, 2.75) is 19.8 Å². The highest BCUT2D eigenvalue weighted by Crippen LogP contribution is 2.28. The van der Waals surface area contributed by atoms with Gasteiger partial charge in [-0.3, -0.25) is 4.79 Å². The summed E-state index contributed by atoms with van der Waals surface area (Å²) in [5, 5.41) is 4.09. The van der Waals surface area contributed by atoms with Gasteiger partial charge in [-0.25, -0.2) is 5.43 Å². The van der Waals surface area contributed by atoms with Crippen molar-refractivity contribution in [3.8, 4) is 0 Å². The fourth-order valence-electron chi connectivity index (χ4n) is 1.33. The Bertz CT molecular complexity index is 421. The first-order valence-corrected chi connectivity index (χ1v) is 6.06. The molecule has 0 aliphatic heterocycles. The molecule has 84 valence electrons. The molecule has 1 fully saturated rings. The van der Waals surface area contributed by atoms with E-state index >= 15 is 0 Å². The lowest BCUT2D eigenvalue weighted by atomic mass is 10.1. The molecule has 4 heteroatoms. The van der Waals surface area contributed by atoms with E-state index in [9.17, 15) is 4.79 Å². The molecule has 0 saturated heterocycles. The van der Waals surface area contributed by atoms with Crippen LogP contribution in [0.1, 0.15) is 25.3 Å². The summed E-state index contributed by atoms with van der Waals surface area (Å²) in [6.45, 7) is 1.89. The molecule has 1 aliphatic carbocycles. The van der Waals surface area contributed by atoms with Gasteiger partial charge in [-0.2, -0.15) is 5.10 Å². The average molecular weight is 281 g/mol. The molecule has 0 aromatic heterocycles. The summed E-state index contributed by atoms with van der Waals surface area (Å²) in [7, 11) is 0. The number of rotatable bonds is 3. The fraction of sp³-hybridized carbons (Fsp3) is 0.333. The first-order valence-electron chi connectivity index (χ1n) is 5.27. The van der Waals surface area contributed by atoms with Gasteiger partial charge in [-0.1, -0.05) is 28.1 Å². The normalized spacial score (nSPS) is 16.0. The standard InChI is InChI=1S/C12H13BrN2O/c1-8(9-4-6-11(13)7-5-9)14-15-12(16)10-2-3-10/h4-7,10H,2-3H2,1H3,(H,15,16). The molecular weight excluding hydrogens is 268 g/mol. The highest BCUT2D eigenvalue weighted by atomic mass is 79.9. The third kappa shape index (κ3) is 2.92. The van der Waals surface area contributed by atoms with Crippen LogP contribution in [0, 0.1) is 5.92 Å². The summed E-state index contributed by atoms with van der Waals surface area (Å²) in [5.74, 6) is 0.234. The second-order valence-corrected chi connectivity index (χ2v) is 4.87. The number of hydrogen-bond donors (Lipinski definition) is 1. The Balaban J connectivity index is 2.00. The van der Waals surface area contributed by atoms with E-state index in [1.807, 2.05) is 31.2 Å². The van der Waals surface area contributed by atoms with Crippen LogP contribution in [0.2, 0.25) is 0 Å². The number of nitrogens with zero attached hydrogens (tertiary/aromatic N) is 1. The third-order valence-corrected chi connectivity index (χ3v) is 3.07. The molecule has 1 N–H and O–H groups in total. The average Bonchev–Trinajstić information content (AvgIpc) is 3.10. The van der Waals surface area contributed by atoms with Gasteiger partial charge >= 0.3 is 0 Å². The number of benzene rings is 1. The second kappa shape index (κ2) is 4.78. The van der Waals surface area contributed by atoms with Crippen molar-refractivity contribution in [1.82, 2.24) is 5.43 Å². The van der Waals surface area contributed by atoms with E-state index in [2.05, 4.69) is 26.5 Å². The minimum Gasteiger partial charge on any atom is -0.273 e. The van der Waals surface area contributed by atoms with Crippen LogP contribution in [-0.4, -0.2) is 11.6 Å². The minimum atomic E-state index is 0.0384. The lowest BCUT2D eigenvalue weighted by molar-refractivity contribution is -0.122. The Morgan fingerprint density at radius 3 is 2.56 bits per heavy atom. The quantitative estimate of drug-likeness (QED) is 0.671. The van der Waals surface area contributed by atoms with Crippen molar-refractivity contribution in [3.63, 3.8) is 0 Å². The number of hydrogen-bond acceptors (Lipinski definition) is 2. The van der Waals surface area contributed by atoms with E-state index in [0.29, 0.717) is 0 Å². The summed E-state index contributed by atoms with van der Waals surface area (Å²) in [5.41, 5.74) is 4.43. The molecule has 1 amide bonds. The summed E-state index contributed by atoms with van der Waals surface area (Å²) in [6.07, 6.45) is 2.00. The molecule has 1 aromatic carbocycles. The molecule has 1 aliphatic rings. The van der Waals surface area contributed by atoms with E-state index < -0.39 is 0 Å². The predicted octanol–water partition coefficient (Wildman–Crippen LogP) is 2.70. The summed E-state index contributed by atoms with van der Waals surface area (Å²) in [6, 6.07) is 7.84. The summed E-state index contributed by atoms with van der Waals surface area (Å²) >= 11 is 3.37. The molecule has 0 bridgehead atoms. The van der Waals surface area contributed by atoms with E-state index in [-0.39, 0.29) is 11.8 Å². The molecule has 16 heavy (non-hydrogen) atoms. The van der Waals surface area contributed by atoms with Crippen LogP contribution in [0.15, 0.2) is 33.8 Å². The zero-order valence-electron chi connectivity index (χ0n) is 9.03. The number of halogens is 1. The largest absolute Gasteiger partial charge is 0.273 e. The Labute approximate surface area is 103 Å². The maximum Gasteiger partial charge on any atom is 0.243 e. The van der Waals surface area contributed by atoms with Gasteiger partial charge in [0.1, 0.15) is 0 Å². The summed E-state index contributed by atoms with van der Waals surface area (Å²) in [4.78, 5) is 11.4. The first-order chi connectivity index (χ1) is 7.66. The van der Waals surface area contributed by atoms with Gasteiger partial charge in [0.15, 0.2) is 0 Å². The molecule has 2 rings (SSSR count). The SMILES string of the molecule is CC(=NNC(=O)C1CC1)c1ccc(Br)cc1. The van der Waals surface area contributed by atoms with Crippen LogP contribution in [0.25, 0.3) is 0 Å². The number of amides is 1. The van der Waals surface area contributed by atoms with Crippen molar-refractivity contribution in [2.75, 3.05) is 0 Å². The predicted molar refractivity (Wildman–Crippen MR) is 67.2 cm³/mol. The fourth-order valence-corrected chi connectivity index (χ4v) is 1.60. The molecule has 1 aromatic rings. The van der Waals surface area contributed by atoms with Crippen LogP contribution in [0.4, 0.5) is 0 Å². The molecule has 0 atom stereocenters. The van der Waals surface area contributed by atoms with Gasteiger partial charge < -0.3 is 0 Å². The maximum absolute atomic E-state index is 11.4. The van der Waals surface area contributed by atoms with Gasteiger partial charge in [0.05, 0.1) is 5.71 Å². The van der Waals surface area contributed by atoms with E-state index in [4.69, 9.17) is 0 Å². The number of carbonyl (C=O) groups is 1. The van der Waals surface area contributed by atoms with Gasteiger partial charge in [0, 0.05) is 10.4 Å². The zero-order chi connectivity index (χ0) is 11.5. The topological polar surface area (TPSA) is 41.5 Å². The van der Waals surface area contributed by atoms with Crippen LogP contribution in [0.5, 0.6) is 0 Å². The van der Waals surface area contributed by atoms with Crippen molar-refractivity contribution in [2.24, 2.45) is 11.0 Å². The maximum atomic E-state index is 11.4. The number of nitrogens with one attached hydrogen (secondary N) is 1. The lowest BCUT2D eigenvalue weighted by Crippen LogP contribution is -2.20. The van der Waals surface area contributed by atoms with Crippen molar-refractivity contribution >= 4 is 27.5 Å². The molecule has 0 radical (unpaired) electrons. The Morgan fingerprint density at radius 2 is 2.00 bits per heavy atom. The van der Waals surface area contributed by atoms with E-state index in [1.54, 1.807) is 0 Å². The third-order valence-electron chi connectivity index (χ3n) is 2.54. The van der Waals surface area contributed by atoms with Crippen molar-refractivity contribution in [3.05, 3.63) is 34.3 Å². The van der Waals surface area contributed by atoms with E-state index in [1.165, 1.54) is 0 Å². The smallest absolute Gasteiger partial charge is 0.243 e. The lowest BCUT2D eigenvalue weighted by Gasteiger charge is -2.02. The van der Waals surface area contributed by atoms with Crippen LogP contribution >= 0.6 is 15.9 Å². The molecule has 1 saturated carbocycles. The van der Waals surface area contributed by atoms with Crippen LogP contribution in [-0.2, 0) is 4.79 Å². The molecule has 0 spiro atoms. The molecule has 0 heterocycles. The highest BCUT2D eigenvalue weighted by molar-refractivity contribution is 9.10. The Hall–Kier alpha value is -1.16. The van der Waals surface area contributed by atoms with Gasteiger partial charge in [-0.05, 0) is 37.5 Å². The molecular formula is C12H13BrN2O.